The summed E-state index contributed by atoms with van der Waals surface area (Å²) in [6, 6.07) is 23.0. The zero-order valence-corrected chi connectivity index (χ0v) is 15.5. The summed E-state index contributed by atoms with van der Waals surface area (Å²) in [6.07, 6.45) is 1.02. The number of amides is 2. The van der Waals surface area contributed by atoms with E-state index in [2.05, 4.69) is 41.8 Å². The molecule has 4 heteroatoms. The van der Waals surface area contributed by atoms with E-state index in [0.717, 1.165) is 17.5 Å². The largest absolute Gasteiger partial charge is 0.326 e. The molecule has 2 amide bonds. The van der Waals surface area contributed by atoms with E-state index in [1.165, 1.54) is 12.5 Å². The van der Waals surface area contributed by atoms with Gasteiger partial charge in [-0.3, -0.25) is 9.59 Å². The van der Waals surface area contributed by atoms with Gasteiger partial charge in [0, 0.05) is 23.9 Å². The summed E-state index contributed by atoms with van der Waals surface area (Å²) >= 11 is 0. The Morgan fingerprint density at radius 3 is 1.89 bits per heavy atom. The van der Waals surface area contributed by atoms with Crippen molar-refractivity contribution >= 4 is 23.2 Å². The SMILES string of the molecule is CCc1ccc(-c2ccc(C(=O)Nc3cccc(NC(C)=O)c3)cc2)cc1. The average Bonchev–Trinajstić information content (AvgIpc) is 2.68. The molecule has 2 N–H and O–H groups in total. The van der Waals surface area contributed by atoms with Crippen LogP contribution in [0.3, 0.4) is 0 Å². The fourth-order valence-electron chi connectivity index (χ4n) is 2.83. The number of anilines is 2. The molecule has 0 saturated heterocycles. The monoisotopic (exact) mass is 358 g/mol. The Hall–Kier alpha value is -3.40. The molecule has 3 aromatic rings. The van der Waals surface area contributed by atoms with Gasteiger partial charge in [0.05, 0.1) is 0 Å². The van der Waals surface area contributed by atoms with Crippen LogP contribution in [-0.4, -0.2) is 11.8 Å². The molecule has 136 valence electrons. The third-order valence-electron chi connectivity index (χ3n) is 4.28. The first-order valence-corrected chi connectivity index (χ1v) is 8.93. The van der Waals surface area contributed by atoms with Gasteiger partial charge in [0.25, 0.3) is 5.91 Å². The number of carbonyl (C=O) groups is 2. The molecule has 3 aromatic carbocycles. The molecule has 27 heavy (non-hydrogen) atoms. The normalized spacial score (nSPS) is 10.3. The molecule has 0 saturated carbocycles. The first-order valence-electron chi connectivity index (χ1n) is 8.93. The van der Waals surface area contributed by atoms with Crippen molar-refractivity contribution < 1.29 is 9.59 Å². The van der Waals surface area contributed by atoms with Crippen molar-refractivity contribution in [3.05, 3.63) is 83.9 Å². The standard InChI is InChI=1S/C23H22N2O2/c1-3-17-7-9-18(10-8-17)19-11-13-20(14-12-19)23(27)25-22-6-4-5-21(15-22)24-16(2)26/h4-15H,3H2,1-2H3,(H,24,26)(H,25,27). The summed E-state index contributed by atoms with van der Waals surface area (Å²) in [7, 11) is 0. The van der Waals surface area contributed by atoms with Gasteiger partial charge in [0.1, 0.15) is 0 Å². The number of nitrogens with one attached hydrogen (secondary N) is 2. The van der Waals surface area contributed by atoms with Crippen LogP contribution in [-0.2, 0) is 11.2 Å². The second-order valence-electron chi connectivity index (χ2n) is 6.34. The molecule has 0 unspecified atom stereocenters. The van der Waals surface area contributed by atoms with Crippen LogP contribution in [0.4, 0.5) is 11.4 Å². The zero-order valence-electron chi connectivity index (χ0n) is 15.5. The van der Waals surface area contributed by atoms with E-state index >= 15 is 0 Å². The Balaban J connectivity index is 1.71. The lowest BCUT2D eigenvalue weighted by Gasteiger charge is -2.09. The summed E-state index contributed by atoms with van der Waals surface area (Å²) < 4.78 is 0. The molecule has 3 rings (SSSR count). The third kappa shape index (κ3) is 4.82. The highest BCUT2D eigenvalue weighted by Gasteiger charge is 2.07. The molecule has 0 bridgehead atoms. The Morgan fingerprint density at radius 2 is 1.33 bits per heavy atom. The quantitative estimate of drug-likeness (QED) is 0.664. The van der Waals surface area contributed by atoms with E-state index in [9.17, 15) is 9.59 Å². The van der Waals surface area contributed by atoms with Gasteiger partial charge >= 0.3 is 0 Å². The highest BCUT2D eigenvalue weighted by molar-refractivity contribution is 6.05. The lowest BCUT2D eigenvalue weighted by atomic mass is 10.0. The van der Waals surface area contributed by atoms with Crippen LogP contribution in [0.15, 0.2) is 72.8 Å². The Morgan fingerprint density at radius 1 is 0.778 bits per heavy atom. The Bertz CT molecular complexity index is 945. The van der Waals surface area contributed by atoms with E-state index in [0.29, 0.717) is 16.9 Å². The first-order chi connectivity index (χ1) is 13.0. The topological polar surface area (TPSA) is 58.2 Å². The fourth-order valence-corrected chi connectivity index (χ4v) is 2.83. The number of aryl methyl sites for hydroxylation is 1. The van der Waals surface area contributed by atoms with Crippen LogP contribution in [0.1, 0.15) is 29.8 Å². The van der Waals surface area contributed by atoms with Gasteiger partial charge in [-0.05, 0) is 53.4 Å². The number of hydrogen-bond acceptors (Lipinski definition) is 2. The van der Waals surface area contributed by atoms with Gasteiger partial charge < -0.3 is 10.6 Å². The van der Waals surface area contributed by atoms with Gasteiger partial charge in [0.15, 0.2) is 0 Å². The lowest BCUT2D eigenvalue weighted by molar-refractivity contribution is -0.114. The molecule has 0 radical (unpaired) electrons. The molecule has 0 spiro atoms. The molecule has 0 aromatic heterocycles. The molecular formula is C23H22N2O2. The number of benzene rings is 3. The van der Waals surface area contributed by atoms with Crippen molar-refractivity contribution in [1.82, 2.24) is 0 Å². The predicted octanol–water partition coefficient (Wildman–Crippen LogP) is 5.13. The summed E-state index contributed by atoms with van der Waals surface area (Å²) in [5.74, 6) is -0.344. The molecule has 0 aliphatic heterocycles. The molecule has 0 atom stereocenters. The van der Waals surface area contributed by atoms with Crippen molar-refractivity contribution in [2.24, 2.45) is 0 Å². The molecule has 0 fully saturated rings. The number of carbonyl (C=O) groups excluding carboxylic acids is 2. The van der Waals surface area contributed by atoms with Crippen molar-refractivity contribution in [2.75, 3.05) is 10.6 Å². The smallest absolute Gasteiger partial charge is 0.255 e. The van der Waals surface area contributed by atoms with E-state index in [1.54, 1.807) is 24.3 Å². The molecule has 0 aliphatic carbocycles. The van der Waals surface area contributed by atoms with Crippen LogP contribution in [0.5, 0.6) is 0 Å². The van der Waals surface area contributed by atoms with Crippen LogP contribution < -0.4 is 10.6 Å². The second kappa shape index (κ2) is 8.32. The van der Waals surface area contributed by atoms with Gasteiger partial charge in [0.2, 0.25) is 5.91 Å². The van der Waals surface area contributed by atoms with Crippen molar-refractivity contribution in [3.8, 4) is 11.1 Å². The van der Waals surface area contributed by atoms with E-state index in [-0.39, 0.29) is 11.8 Å². The Labute approximate surface area is 159 Å². The van der Waals surface area contributed by atoms with Crippen LogP contribution >= 0.6 is 0 Å². The van der Waals surface area contributed by atoms with E-state index in [4.69, 9.17) is 0 Å². The maximum Gasteiger partial charge on any atom is 0.255 e. The number of rotatable bonds is 5. The summed E-state index contributed by atoms with van der Waals surface area (Å²) in [4.78, 5) is 23.6. The maximum absolute atomic E-state index is 12.5. The molecule has 0 heterocycles. The van der Waals surface area contributed by atoms with Crippen LogP contribution in [0.2, 0.25) is 0 Å². The van der Waals surface area contributed by atoms with Crippen molar-refractivity contribution in [1.29, 1.82) is 0 Å². The predicted molar refractivity (Wildman–Crippen MR) is 110 cm³/mol. The highest BCUT2D eigenvalue weighted by Crippen LogP contribution is 2.21. The first kappa shape index (κ1) is 18.4. The van der Waals surface area contributed by atoms with Gasteiger partial charge in [-0.25, -0.2) is 0 Å². The minimum absolute atomic E-state index is 0.152. The van der Waals surface area contributed by atoms with Crippen molar-refractivity contribution in [3.63, 3.8) is 0 Å². The average molecular weight is 358 g/mol. The number of hydrogen-bond donors (Lipinski definition) is 2. The van der Waals surface area contributed by atoms with Gasteiger partial charge in [-0.2, -0.15) is 0 Å². The maximum atomic E-state index is 12.5. The second-order valence-corrected chi connectivity index (χ2v) is 6.34. The fraction of sp³-hybridized carbons (Fsp3) is 0.130. The minimum Gasteiger partial charge on any atom is -0.326 e. The third-order valence-corrected chi connectivity index (χ3v) is 4.28. The minimum atomic E-state index is -0.192. The van der Waals surface area contributed by atoms with Gasteiger partial charge in [-0.1, -0.05) is 49.4 Å². The molecule has 4 nitrogen and oxygen atoms in total. The lowest BCUT2D eigenvalue weighted by Crippen LogP contribution is -2.12. The Kier molecular flexibility index (Phi) is 5.67. The van der Waals surface area contributed by atoms with Crippen LogP contribution in [0.25, 0.3) is 11.1 Å². The van der Waals surface area contributed by atoms with E-state index in [1.807, 2.05) is 24.3 Å². The summed E-state index contributed by atoms with van der Waals surface area (Å²) in [5, 5.41) is 5.56. The highest BCUT2D eigenvalue weighted by atomic mass is 16.2. The molecular weight excluding hydrogens is 336 g/mol. The molecule has 0 aliphatic rings. The zero-order chi connectivity index (χ0) is 19.2. The summed E-state index contributed by atoms with van der Waals surface area (Å²) in [6.45, 7) is 3.58. The van der Waals surface area contributed by atoms with Crippen molar-refractivity contribution in [2.45, 2.75) is 20.3 Å². The summed E-state index contributed by atoms with van der Waals surface area (Å²) in [5.41, 5.74) is 5.35. The van der Waals surface area contributed by atoms with Crippen LogP contribution in [0, 0.1) is 0 Å². The van der Waals surface area contributed by atoms with E-state index < -0.39 is 0 Å². The van der Waals surface area contributed by atoms with Gasteiger partial charge in [-0.15, -0.1) is 0 Å².